The number of aromatic nitrogens is 5. The summed E-state index contributed by atoms with van der Waals surface area (Å²) in [4.78, 5) is 18.6. The van der Waals surface area contributed by atoms with Gasteiger partial charge in [0.25, 0.3) is 0 Å². The lowest BCUT2D eigenvalue weighted by atomic mass is 10.3. The van der Waals surface area contributed by atoms with Crippen LogP contribution in [0.5, 0.6) is 0 Å². The number of anilines is 2. The minimum Gasteiger partial charge on any atom is -0.354 e. The molecule has 112 valence electrons. The number of nitrogens with one attached hydrogen (secondary N) is 2. The number of nitro groups is 1. The van der Waals surface area contributed by atoms with Gasteiger partial charge in [0.05, 0.1) is 11.0 Å². The van der Waals surface area contributed by atoms with Crippen LogP contribution in [0.15, 0.2) is 12.5 Å². The van der Waals surface area contributed by atoms with E-state index in [1.807, 2.05) is 13.8 Å². The Morgan fingerprint density at radius 3 is 2.86 bits per heavy atom. The van der Waals surface area contributed by atoms with Crippen molar-refractivity contribution in [1.82, 2.24) is 24.7 Å². The molecular weight excluding hydrogens is 276 g/mol. The molecule has 0 radical (unpaired) electrons. The highest BCUT2D eigenvalue weighted by molar-refractivity contribution is 5.57. The number of hydrogen-bond acceptors (Lipinski definition) is 8. The molecule has 0 amide bonds. The van der Waals surface area contributed by atoms with Crippen molar-refractivity contribution in [2.75, 3.05) is 17.2 Å². The molecule has 2 N–H and O–H groups in total. The third kappa shape index (κ3) is 3.22. The third-order valence-electron chi connectivity index (χ3n) is 2.79. The van der Waals surface area contributed by atoms with E-state index in [0.29, 0.717) is 18.3 Å². The minimum atomic E-state index is -0.526. The molecule has 2 heterocycles. The van der Waals surface area contributed by atoms with E-state index in [0.717, 1.165) is 0 Å². The lowest BCUT2D eigenvalue weighted by Gasteiger charge is -2.14. The molecule has 2 aromatic rings. The average Bonchev–Trinajstić information content (AvgIpc) is 2.85. The smallest absolute Gasteiger partial charge is 0.329 e. The van der Waals surface area contributed by atoms with Crippen molar-refractivity contribution in [2.45, 2.75) is 19.9 Å². The van der Waals surface area contributed by atoms with E-state index in [4.69, 9.17) is 0 Å². The average molecular weight is 292 g/mol. The molecule has 0 spiro atoms. The van der Waals surface area contributed by atoms with Crippen LogP contribution in [0.4, 0.5) is 17.5 Å². The lowest BCUT2D eigenvalue weighted by Crippen LogP contribution is -2.15. The van der Waals surface area contributed by atoms with Crippen LogP contribution in [0.3, 0.4) is 0 Å². The second-order valence-corrected chi connectivity index (χ2v) is 4.38. The first-order valence-electron chi connectivity index (χ1n) is 6.38. The van der Waals surface area contributed by atoms with Gasteiger partial charge in [-0.15, -0.1) is 10.2 Å². The Bertz CT molecular complexity index is 641. The Balaban J connectivity index is 2.30. The summed E-state index contributed by atoms with van der Waals surface area (Å²) in [5, 5.41) is 24.7. The monoisotopic (exact) mass is 292 g/mol. The summed E-state index contributed by atoms with van der Waals surface area (Å²) in [6.45, 7) is 4.33. The van der Waals surface area contributed by atoms with Crippen LogP contribution in [0.25, 0.3) is 0 Å². The first kappa shape index (κ1) is 14.6. The van der Waals surface area contributed by atoms with Crippen LogP contribution >= 0.6 is 0 Å². The highest BCUT2D eigenvalue weighted by atomic mass is 16.6. The number of rotatable bonds is 6. The van der Waals surface area contributed by atoms with Gasteiger partial charge < -0.3 is 15.2 Å². The molecule has 10 nitrogen and oxygen atoms in total. The second kappa shape index (κ2) is 6.11. The molecule has 0 bridgehead atoms. The quantitative estimate of drug-likeness (QED) is 0.599. The highest BCUT2D eigenvalue weighted by Gasteiger charge is 2.21. The summed E-state index contributed by atoms with van der Waals surface area (Å²) < 4.78 is 1.73. The Hall–Kier alpha value is -2.78. The standard InChI is InChI=1S/C11H16N8O2/c1-4-12-11-13-5-8(19(20)21)9(16-11)15-7(2)10-17-14-6-18(10)3/h5-7H,4H2,1-3H3,(H2,12,13,15,16). The van der Waals surface area contributed by atoms with Crippen LogP contribution in [0.2, 0.25) is 0 Å². The van der Waals surface area contributed by atoms with Crippen molar-refractivity contribution in [3.63, 3.8) is 0 Å². The van der Waals surface area contributed by atoms with E-state index in [2.05, 4.69) is 30.8 Å². The molecular formula is C11H16N8O2. The van der Waals surface area contributed by atoms with Gasteiger partial charge >= 0.3 is 5.69 Å². The summed E-state index contributed by atoms with van der Waals surface area (Å²) in [6, 6.07) is -0.291. The van der Waals surface area contributed by atoms with Crippen molar-refractivity contribution >= 4 is 17.5 Å². The Morgan fingerprint density at radius 1 is 1.52 bits per heavy atom. The summed E-state index contributed by atoms with van der Waals surface area (Å²) >= 11 is 0. The fourth-order valence-electron chi connectivity index (χ4n) is 1.81. The zero-order chi connectivity index (χ0) is 15.4. The molecule has 10 heteroatoms. The SMILES string of the molecule is CCNc1ncc([N+](=O)[O-])c(NC(C)c2nncn2C)n1. The maximum absolute atomic E-state index is 11.1. The molecule has 0 saturated heterocycles. The number of hydrogen-bond donors (Lipinski definition) is 2. The normalized spacial score (nSPS) is 12.0. The van der Waals surface area contributed by atoms with Crippen molar-refractivity contribution in [3.05, 3.63) is 28.5 Å². The van der Waals surface area contributed by atoms with E-state index in [-0.39, 0.29) is 17.5 Å². The van der Waals surface area contributed by atoms with Crippen LogP contribution in [-0.2, 0) is 7.05 Å². The van der Waals surface area contributed by atoms with Gasteiger partial charge in [0.1, 0.15) is 12.5 Å². The van der Waals surface area contributed by atoms with Gasteiger partial charge in [-0.3, -0.25) is 10.1 Å². The molecule has 2 aromatic heterocycles. The van der Waals surface area contributed by atoms with E-state index < -0.39 is 4.92 Å². The number of nitrogens with zero attached hydrogens (tertiary/aromatic N) is 6. The Morgan fingerprint density at radius 2 is 2.29 bits per heavy atom. The summed E-state index contributed by atoms with van der Waals surface area (Å²) in [5.41, 5.74) is -0.189. The van der Waals surface area contributed by atoms with Crippen molar-refractivity contribution < 1.29 is 4.92 Å². The molecule has 0 aliphatic rings. The molecule has 2 rings (SSSR count). The van der Waals surface area contributed by atoms with Crippen LogP contribution in [0, 0.1) is 10.1 Å². The Labute approximate surface area is 120 Å². The Kier molecular flexibility index (Phi) is 4.26. The molecule has 21 heavy (non-hydrogen) atoms. The largest absolute Gasteiger partial charge is 0.354 e. The van der Waals surface area contributed by atoms with Crippen LogP contribution < -0.4 is 10.6 Å². The molecule has 0 aliphatic heterocycles. The first-order valence-corrected chi connectivity index (χ1v) is 6.38. The molecule has 0 fully saturated rings. The van der Waals surface area contributed by atoms with E-state index in [9.17, 15) is 10.1 Å². The van der Waals surface area contributed by atoms with Crippen LogP contribution in [-0.4, -0.2) is 36.2 Å². The molecule has 0 aromatic carbocycles. The maximum Gasteiger partial charge on any atom is 0.329 e. The van der Waals surface area contributed by atoms with Gasteiger partial charge in [-0.2, -0.15) is 4.98 Å². The topological polar surface area (TPSA) is 124 Å². The zero-order valence-corrected chi connectivity index (χ0v) is 11.9. The van der Waals surface area contributed by atoms with Gasteiger partial charge in [0.15, 0.2) is 5.82 Å². The minimum absolute atomic E-state index is 0.140. The van der Waals surface area contributed by atoms with E-state index in [1.54, 1.807) is 17.9 Å². The predicted octanol–water partition coefficient (Wildman–Crippen LogP) is 1.12. The lowest BCUT2D eigenvalue weighted by molar-refractivity contribution is -0.384. The maximum atomic E-state index is 11.1. The number of aryl methyl sites for hydroxylation is 1. The van der Waals surface area contributed by atoms with Gasteiger partial charge in [-0.05, 0) is 13.8 Å². The van der Waals surface area contributed by atoms with Crippen molar-refractivity contribution in [3.8, 4) is 0 Å². The van der Waals surface area contributed by atoms with Gasteiger partial charge in [0, 0.05) is 13.6 Å². The van der Waals surface area contributed by atoms with E-state index in [1.165, 1.54) is 6.20 Å². The van der Waals surface area contributed by atoms with Crippen molar-refractivity contribution in [2.24, 2.45) is 7.05 Å². The fourth-order valence-corrected chi connectivity index (χ4v) is 1.81. The summed E-state index contributed by atoms with van der Waals surface area (Å²) in [6.07, 6.45) is 2.74. The first-order chi connectivity index (χ1) is 10.0. The van der Waals surface area contributed by atoms with Gasteiger partial charge in [0.2, 0.25) is 11.8 Å². The summed E-state index contributed by atoms with van der Waals surface area (Å²) in [5.74, 6) is 1.12. The van der Waals surface area contributed by atoms with Crippen LogP contribution in [0.1, 0.15) is 25.7 Å². The molecule has 1 atom stereocenters. The zero-order valence-electron chi connectivity index (χ0n) is 11.9. The predicted molar refractivity (Wildman–Crippen MR) is 75.9 cm³/mol. The highest BCUT2D eigenvalue weighted by Crippen LogP contribution is 2.25. The molecule has 0 aliphatic carbocycles. The van der Waals surface area contributed by atoms with Crippen molar-refractivity contribution in [1.29, 1.82) is 0 Å². The second-order valence-electron chi connectivity index (χ2n) is 4.38. The summed E-state index contributed by atoms with van der Waals surface area (Å²) in [7, 11) is 1.80. The van der Waals surface area contributed by atoms with E-state index >= 15 is 0 Å². The third-order valence-corrected chi connectivity index (χ3v) is 2.79. The van der Waals surface area contributed by atoms with Gasteiger partial charge in [-0.1, -0.05) is 0 Å². The molecule has 1 unspecified atom stereocenters. The fraction of sp³-hybridized carbons (Fsp3) is 0.455. The molecule has 0 saturated carbocycles. The van der Waals surface area contributed by atoms with Gasteiger partial charge in [-0.25, -0.2) is 4.98 Å².